The predicted octanol–water partition coefficient (Wildman–Crippen LogP) is 2.32. The summed E-state index contributed by atoms with van der Waals surface area (Å²) in [6, 6.07) is 10.9. The Bertz CT molecular complexity index is 746. The van der Waals surface area contributed by atoms with Crippen molar-refractivity contribution in [2.24, 2.45) is 5.92 Å². The summed E-state index contributed by atoms with van der Waals surface area (Å²) in [4.78, 5) is 30.5. The maximum Gasteiger partial charge on any atom is 0.227 e. The average molecular weight is 339 g/mol. The minimum atomic E-state index is -0.348. The molecule has 0 bridgehead atoms. The number of aromatic nitrogens is 1. The van der Waals surface area contributed by atoms with Crippen LogP contribution in [0.15, 0.2) is 48.8 Å². The van der Waals surface area contributed by atoms with Gasteiger partial charge in [-0.15, -0.1) is 0 Å². The van der Waals surface area contributed by atoms with Gasteiger partial charge in [0.25, 0.3) is 0 Å². The number of hydrogen-bond acceptors (Lipinski definition) is 4. The molecule has 0 radical (unpaired) electrons. The van der Waals surface area contributed by atoms with Crippen molar-refractivity contribution in [2.45, 2.75) is 19.4 Å². The number of methoxy groups -OCH3 is 1. The quantitative estimate of drug-likeness (QED) is 0.907. The van der Waals surface area contributed by atoms with E-state index in [9.17, 15) is 9.59 Å². The van der Waals surface area contributed by atoms with Crippen LogP contribution >= 0.6 is 0 Å². The lowest BCUT2D eigenvalue weighted by atomic mass is 10.1. The number of nitrogens with one attached hydrogen (secondary N) is 1. The molecule has 0 saturated carbocycles. The Morgan fingerprint density at radius 1 is 1.24 bits per heavy atom. The predicted molar refractivity (Wildman–Crippen MR) is 94.2 cm³/mol. The highest BCUT2D eigenvalue weighted by Crippen LogP contribution is 2.27. The van der Waals surface area contributed by atoms with Gasteiger partial charge in [-0.1, -0.05) is 0 Å². The molecule has 6 nitrogen and oxygen atoms in total. The number of carbonyl (C=O) groups is 2. The van der Waals surface area contributed by atoms with Crippen LogP contribution in [0.3, 0.4) is 0 Å². The maximum absolute atomic E-state index is 12.5. The minimum Gasteiger partial charge on any atom is -0.497 e. The number of nitrogens with zero attached hydrogens (tertiary/aromatic N) is 2. The van der Waals surface area contributed by atoms with Crippen LogP contribution in [0.2, 0.25) is 0 Å². The van der Waals surface area contributed by atoms with Crippen LogP contribution in [0.1, 0.15) is 24.9 Å². The fourth-order valence-electron chi connectivity index (χ4n) is 2.96. The molecule has 1 aliphatic heterocycles. The second-order valence-electron chi connectivity index (χ2n) is 6.11. The number of hydrogen-bond donors (Lipinski definition) is 1. The van der Waals surface area contributed by atoms with Gasteiger partial charge in [-0.3, -0.25) is 14.6 Å². The van der Waals surface area contributed by atoms with Gasteiger partial charge in [0.1, 0.15) is 5.75 Å². The van der Waals surface area contributed by atoms with Crippen molar-refractivity contribution in [3.05, 3.63) is 54.4 Å². The zero-order chi connectivity index (χ0) is 17.8. The molecule has 2 aromatic rings. The van der Waals surface area contributed by atoms with Crippen molar-refractivity contribution in [3.63, 3.8) is 0 Å². The zero-order valence-electron chi connectivity index (χ0n) is 14.3. The van der Waals surface area contributed by atoms with Crippen LogP contribution in [0.4, 0.5) is 5.69 Å². The SMILES string of the molecule is COc1ccc(N2CC(C(=O)NC(C)c3ccncc3)CC2=O)cc1. The molecule has 1 fully saturated rings. The summed E-state index contributed by atoms with van der Waals surface area (Å²) in [6.45, 7) is 2.31. The van der Waals surface area contributed by atoms with Crippen LogP contribution in [-0.4, -0.2) is 30.5 Å². The fraction of sp³-hybridized carbons (Fsp3) is 0.316. The fourth-order valence-corrected chi connectivity index (χ4v) is 2.96. The van der Waals surface area contributed by atoms with Gasteiger partial charge >= 0.3 is 0 Å². The standard InChI is InChI=1S/C19H21N3O3/c1-13(14-7-9-20-10-8-14)21-19(24)15-11-18(23)22(12-15)16-3-5-17(25-2)6-4-16/h3-10,13,15H,11-12H2,1-2H3,(H,21,24). The van der Waals surface area contributed by atoms with Gasteiger partial charge in [-0.25, -0.2) is 0 Å². The van der Waals surface area contributed by atoms with Crippen LogP contribution < -0.4 is 15.0 Å². The number of anilines is 1. The van der Waals surface area contributed by atoms with Gasteiger partial charge in [0, 0.05) is 31.0 Å². The topological polar surface area (TPSA) is 71.5 Å². The molecule has 1 aliphatic rings. The van der Waals surface area contributed by atoms with Crippen molar-refractivity contribution in [3.8, 4) is 5.75 Å². The minimum absolute atomic E-state index is 0.0399. The number of amides is 2. The van der Waals surface area contributed by atoms with Crippen molar-refractivity contribution < 1.29 is 14.3 Å². The van der Waals surface area contributed by atoms with E-state index >= 15 is 0 Å². The summed E-state index contributed by atoms with van der Waals surface area (Å²) in [7, 11) is 1.60. The first-order chi connectivity index (χ1) is 12.1. The first-order valence-corrected chi connectivity index (χ1v) is 8.23. The Kier molecular flexibility index (Phi) is 4.97. The lowest BCUT2D eigenvalue weighted by molar-refractivity contribution is -0.126. The molecule has 25 heavy (non-hydrogen) atoms. The van der Waals surface area contributed by atoms with Gasteiger partial charge in [0.15, 0.2) is 0 Å². The monoisotopic (exact) mass is 339 g/mol. The normalized spacial score (nSPS) is 18.1. The van der Waals surface area contributed by atoms with Crippen molar-refractivity contribution in [1.29, 1.82) is 0 Å². The molecule has 2 amide bonds. The molecule has 0 spiro atoms. The van der Waals surface area contributed by atoms with Gasteiger partial charge in [0.2, 0.25) is 11.8 Å². The van der Waals surface area contributed by atoms with Gasteiger partial charge in [-0.2, -0.15) is 0 Å². The molecule has 6 heteroatoms. The largest absolute Gasteiger partial charge is 0.497 e. The van der Waals surface area contributed by atoms with E-state index in [2.05, 4.69) is 10.3 Å². The summed E-state index contributed by atoms with van der Waals surface area (Å²) in [6.07, 6.45) is 3.62. The molecule has 2 heterocycles. The Morgan fingerprint density at radius 3 is 2.56 bits per heavy atom. The summed E-state index contributed by atoms with van der Waals surface area (Å²) in [5, 5.41) is 2.98. The number of rotatable bonds is 5. The van der Waals surface area contributed by atoms with Crippen molar-refractivity contribution >= 4 is 17.5 Å². The second-order valence-corrected chi connectivity index (χ2v) is 6.11. The number of benzene rings is 1. The van der Waals surface area contributed by atoms with Crippen LogP contribution in [0.25, 0.3) is 0 Å². The van der Waals surface area contributed by atoms with E-state index in [1.165, 1.54) is 0 Å². The molecule has 2 atom stereocenters. The van der Waals surface area contributed by atoms with Gasteiger partial charge < -0.3 is 15.0 Å². The Morgan fingerprint density at radius 2 is 1.92 bits per heavy atom. The maximum atomic E-state index is 12.5. The third-order valence-electron chi connectivity index (χ3n) is 4.44. The number of ether oxygens (including phenoxy) is 1. The van der Waals surface area contributed by atoms with E-state index in [1.807, 2.05) is 43.3 Å². The van der Waals surface area contributed by atoms with E-state index in [0.717, 1.165) is 17.0 Å². The van der Waals surface area contributed by atoms with Crippen LogP contribution in [-0.2, 0) is 9.59 Å². The average Bonchev–Trinajstić information content (AvgIpc) is 3.04. The molecule has 1 aromatic heterocycles. The molecule has 3 rings (SSSR count). The highest BCUT2D eigenvalue weighted by atomic mass is 16.5. The molecule has 130 valence electrons. The zero-order valence-corrected chi connectivity index (χ0v) is 14.3. The van der Waals surface area contributed by atoms with E-state index in [-0.39, 0.29) is 30.2 Å². The molecule has 1 aromatic carbocycles. The van der Waals surface area contributed by atoms with Gasteiger partial charge in [-0.05, 0) is 48.9 Å². The summed E-state index contributed by atoms with van der Waals surface area (Å²) in [5.74, 6) is 0.241. The first kappa shape index (κ1) is 17.0. The second kappa shape index (κ2) is 7.34. The molecule has 1 saturated heterocycles. The third kappa shape index (κ3) is 3.79. The highest BCUT2D eigenvalue weighted by Gasteiger charge is 2.35. The number of pyridine rings is 1. The molecule has 0 aliphatic carbocycles. The smallest absolute Gasteiger partial charge is 0.227 e. The van der Waals surface area contributed by atoms with Crippen molar-refractivity contribution in [1.82, 2.24) is 10.3 Å². The Balaban J connectivity index is 1.64. The first-order valence-electron chi connectivity index (χ1n) is 8.23. The van der Waals surface area contributed by atoms with Crippen LogP contribution in [0.5, 0.6) is 5.75 Å². The van der Waals surface area contributed by atoms with E-state index < -0.39 is 0 Å². The molecule has 1 N–H and O–H groups in total. The lowest BCUT2D eigenvalue weighted by Gasteiger charge is -2.19. The third-order valence-corrected chi connectivity index (χ3v) is 4.44. The molecular weight excluding hydrogens is 318 g/mol. The summed E-state index contributed by atoms with van der Waals surface area (Å²) >= 11 is 0. The lowest BCUT2D eigenvalue weighted by Crippen LogP contribution is -2.34. The van der Waals surface area contributed by atoms with Crippen molar-refractivity contribution in [2.75, 3.05) is 18.6 Å². The van der Waals surface area contributed by atoms with Crippen LogP contribution in [0, 0.1) is 5.92 Å². The number of carbonyl (C=O) groups excluding carboxylic acids is 2. The van der Waals surface area contributed by atoms with Gasteiger partial charge in [0.05, 0.1) is 19.1 Å². The highest BCUT2D eigenvalue weighted by molar-refractivity contribution is 6.00. The van der Waals surface area contributed by atoms with E-state index in [1.54, 1.807) is 24.4 Å². The molecular formula is C19H21N3O3. The Labute approximate surface area is 146 Å². The van der Waals surface area contributed by atoms with E-state index in [0.29, 0.717) is 6.54 Å². The summed E-state index contributed by atoms with van der Waals surface area (Å²) in [5.41, 5.74) is 1.77. The molecule has 2 unspecified atom stereocenters. The summed E-state index contributed by atoms with van der Waals surface area (Å²) < 4.78 is 5.13. The Hall–Kier alpha value is -2.89. The van der Waals surface area contributed by atoms with E-state index in [4.69, 9.17) is 4.74 Å².